The molecule has 28 heavy (non-hydrogen) atoms. The highest BCUT2D eigenvalue weighted by Crippen LogP contribution is 2.28. The molecule has 3 rings (SSSR count). The molecule has 0 aliphatic carbocycles. The molecule has 0 radical (unpaired) electrons. The minimum absolute atomic E-state index is 0.121. The molecular weight excluding hydrogens is 376 g/mol. The van der Waals surface area contributed by atoms with Crippen LogP contribution in [0.4, 0.5) is 0 Å². The molecule has 1 amide bonds. The smallest absolute Gasteiger partial charge is 0.244 e. The van der Waals surface area contributed by atoms with Gasteiger partial charge in [-0.3, -0.25) is 9.69 Å². The maximum atomic E-state index is 12.4. The van der Waals surface area contributed by atoms with Crippen molar-refractivity contribution in [1.82, 2.24) is 10.2 Å². The molecule has 0 saturated carbocycles. The Balaban J connectivity index is 1.60. The maximum absolute atomic E-state index is 12.4. The van der Waals surface area contributed by atoms with Crippen molar-refractivity contribution in [3.8, 4) is 11.5 Å². The Morgan fingerprint density at radius 3 is 2.71 bits per heavy atom. The van der Waals surface area contributed by atoms with Gasteiger partial charge in [0.1, 0.15) is 0 Å². The van der Waals surface area contributed by atoms with Gasteiger partial charge in [0.2, 0.25) is 5.91 Å². The molecule has 1 aliphatic heterocycles. The largest absolute Gasteiger partial charge is 0.493 e. The molecule has 1 atom stereocenters. The van der Waals surface area contributed by atoms with E-state index in [4.69, 9.17) is 14.2 Å². The van der Waals surface area contributed by atoms with Gasteiger partial charge in [-0.2, -0.15) is 0 Å². The first-order chi connectivity index (χ1) is 13.7. The summed E-state index contributed by atoms with van der Waals surface area (Å²) >= 11 is 1.72. The van der Waals surface area contributed by atoms with Crippen molar-refractivity contribution in [3.63, 3.8) is 0 Å². The Kier molecular flexibility index (Phi) is 7.47. The van der Waals surface area contributed by atoms with Crippen LogP contribution in [0.15, 0.2) is 41.8 Å². The molecule has 1 unspecified atom stereocenters. The Morgan fingerprint density at radius 2 is 2.04 bits per heavy atom. The summed E-state index contributed by atoms with van der Waals surface area (Å²) in [5.74, 6) is 1.17. The van der Waals surface area contributed by atoms with Gasteiger partial charge in [0, 0.05) is 30.6 Å². The van der Waals surface area contributed by atoms with Gasteiger partial charge in [0.15, 0.2) is 11.5 Å². The van der Waals surface area contributed by atoms with Crippen LogP contribution in [0.25, 0.3) is 6.08 Å². The van der Waals surface area contributed by atoms with Crippen molar-refractivity contribution < 1.29 is 19.0 Å². The molecule has 2 aromatic rings. The highest BCUT2D eigenvalue weighted by molar-refractivity contribution is 7.10. The Bertz CT molecular complexity index is 786. The van der Waals surface area contributed by atoms with Gasteiger partial charge in [-0.1, -0.05) is 12.1 Å². The van der Waals surface area contributed by atoms with E-state index in [0.717, 1.165) is 31.9 Å². The third-order valence-electron chi connectivity index (χ3n) is 4.66. The van der Waals surface area contributed by atoms with Crippen molar-refractivity contribution >= 4 is 23.3 Å². The number of carbonyl (C=O) groups excluding carboxylic acids is 1. The molecule has 1 fully saturated rings. The van der Waals surface area contributed by atoms with Crippen molar-refractivity contribution in [2.24, 2.45) is 0 Å². The summed E-state index contributed by atoms with van der Waals surface area (Å²) in [6.07, 6.45) is 3.32. The van der Waals surface area contributed by atoms with E-state index >= 15 is 0 Å². The molecule has 1 saturated heterocycles. The fourth-order valence-electron chi connectivity index (χ4n) is 3.16. The summed E-state index contributed by atoms with van der Waals surface area (Å²) in [7, 11) is 3.19. The van der Waals surface area contributed by atoms with Gasteiger partial charge in [0.25, 0.3) is 0 Å². The van der Waals surface area contributed by atoms with Crippen LogP contribution in [0.1, 0.15) is 16.5 Å². The molecule has 2 heterocycles. The molecule has 1 N–H and O–H groups in total. The predicted molar refractivity (Wildman–Crippen MR) is 111 cm³/mol. The number of hydrogen-bond acceptors (Lipinski definition) is 6. The van der Waals surface area contributed by atoms with E-state index in [0.29, 0.717) is 18.0 Å². The van der Waals surface area contributed by atoms with Crippen molar-refractivity contribution in [2.75, 3.05) is 47.1 Å². The lowest BCUT2D eigenvalue weighted by Gasteiger charge is -2.34. The first kappa shape index (κ1) is 20.4. The lowest BCUT2D eigenvalue weighted by atomic mass is 10.1. The minimum Gasteiger partial charge on any atom is -0.493 e. The quantitative estimate of drug-likeness (QED) is 0.688. The van der Waals surface area contributed by atoms with Gasteiger partial charge in [-0.25, -0.2) is 0 Å². The first-order valence-corrected chi connectivity index (χ1v) is 10.1. The number of ether oxygens (including phenoxy) is 3. The summed E-state index contributed by atoms with van der Waals surface area (Å²) in [6.45, 7) is 3.78. The van der Waals surface area contributed by atoms with E-state index in [1.54, 1.807) is 37.7 Å². The standard InChI is InChI=1S/C21H26N2O4S/c1-25-18-7-5-16(14-19(18)26-2)6-8-21(24)22-15-17(20-4-3-13-28-20)23-9-11-27-12-10-23/h3-8,13-14,17H,9-12,15H2,1-2H3,(H,22,24). The zero-order valence-corrected chi connectivity index (χ0v) is 17.0. The topological polar surface area (TPSA) is 60.0 Å². The molecule has 0 bridgehead atoms. The lowest BCUT2D eigenvalue weighted by molar-refractivity contribution is -0.116. The van der Waals surface area contributed by atoms with Crippen LogP contribution in [-0.4, -0.2) is 57.9 Å². The zero-order chi connectivity index (χ0) is 19.8. The van der Waals surface area contributed by atoms with Crippen LogP contribution >= 0.6 is 11.3 Å². The summed E-state index contributed by atoms with van der Waals surface area (Å²) in [4.78, 5) is 16.0. The Hall–Kier alpha value is -2.35. The average molecular weight is 403 g/mol. The maximum Gasteiger partial charge on any atom is 0.244 e. The minimum atomic E-state index is -0.121. The van der Waals surface area contributed by atoms with Crippen LogP contribution in [0.2, 0.25) is 0 Å². The third-order valence-corrected chi connectivity index (χ3v) is 5.64. The molecule has 7 heteroatoms. The molecule has 1 aliphatic rings. The molecule has 6 nitrogen and oxygen atoms in total. The number of methoxy groups -OCH3 is 2. The normalized spacial score (nSPS) is 16.1. The molecule has 0 spiro atoms. The van der Waals surface area contributed by atoms with Crippen molar-refractivity contribution in [2.45, 2.75) is 6.04 Å². The molecular formula is C21H26N2O4S. The number of carbonyl (C=O) groups is 1. The molecule has 1 aromatic carbocycles. The molecule has 1 aromatic heterocycles. The number of rotatable bonds is 8. The second-order valence-corrected chi connectivity index (χ2v) is 7.35. The SMILES string of the molecule is COc1ccc(C=CC(=O)NCC(c2cccs2)N2CCOCC2)cc1OC. The Labute approximate surface area is 169 Å². The highest BCUT2D eigenvalue weighted by atomic mass is 32.1. The van der Waals surface area contributed by atoms with Crippen LogP contribution in [0.3, 0.4) is 0 Å². The van der Waals surface area contributed by atoms with Gasteiger partial charge in [-0.15, -0.1) is 11.3 Å². The van der Waals surface area contributed by atoms with E-state index < -0.39 is 0 Å². The van der Waals surface area contributed by atoms with E-state index in [2.05, 4.69) is 21.7 Å². The third kappa shape index (κ3) is 5.34. The van der Waals surface area contributed by atoms with E-state index in [1.807, 2.05) is 24.3 Å². The zero-order valence-electron chi connectivity index (χ0n) is 16.2. The van der Waals surface area contributed by atoms with Gasteiger partial charge < -0.3 is 19.5 Å². The highest BCUT2D eigenvalue weighted by Gasteiger charge is 2.23. The van der Waals surface area contributed by atoms with Crippen molar-refractivity contribution in [1.29, 1.82) is 0 Å². The van der Waals surface area contributed by atoms with Crippen LogP contribution in [-0.2, 0) is 9.53 Å². The molecule has 150 valence electrons. The summed E-state index contributed by atoms with van der Waals surface area (Å²) in [5, 5.41) is 5.10. The van der Waals surface area contributed by atoms with Crippen molar-refractivity contribution in [3.05, 3.63) is 52.2 Å². The second-order valence-electron chi connectivity index (χ2n) is 6.37. The number of thiophene rings is 1. The van der Waals surface area contributed by atoms with Gasteiger partial charge >= 0.3 is 0 Å². The number of morpholine rings is 1. The summed E-state index contributed by atoms with van der Waals surface area (Å²) in [6, 6.07) is 9.88. The number of benzene rings is 1. The number of hydrogen-bond donors (Lipinski definition) is 1. The average Bonchev–Trinajstić information content (AvgIpc) is 3.27. The van der Waals surface area contributed by atoms with Crippen LogP contribution in [0, 0.1) is 0 Å². The van der Waals surface area contributed by atoms with Gasteiger partial charge in [0.05, 0.1) is 33.5 Å². The van der Waals surface area contributed by atoms with E-state index in [-0.39, 0.29) is 11.9 Å². The summed E-state index contributed by atoms with van der Waals surface area (Å²) in [5.41, 5.74) is 0.871. The number of nitrogens with one attached hydrogen (secondary N) is 1. The van der Waals surface area contributed by atoms with Crippen LogP contribution in [0.5, 0.6) is 11.5 Å². The summed E-state index contributed by atoms with van der Waals surface area (Å²) < 4.78 is 16.0. The Morgan fingerprint density at radius 1 is 1.25 bits per heavy atom. The predicted octanol–water partition coefficient (Wildman–Crippen LogP) is 2.97. The second kappa shape index (κ2) is 10.3. The number of nitrogens with zero attached hydrogens (tertiary/aromatic N) is 1. The van der Waals surface area contributed by atoms with E-state index in [9.17, 15) is 4.79 Å². The van der Waals surface area contributed by atoms with Crippen LogP contribution < -0.4 is 14.8 Å². The first-order valence-electron chi connectivity index (χ1n) is 9.24. The number of amides is 1. The fraction of sp³-hybridized carbons (Fsp3) is 0.381. The van der Waals surface area contributed by atoms with Gasteiger partial charge in [-0.05, 0) is 35.2 Å². The lowest BCUT2D eigenvalue weighted by Crippen LogP contribution is -2.43. The van der Waals surface area contributed by atoms with E-state index in [1.165, 1.54) is 4.88 Å². The monoisotopic (exact) mass is 402 g/mol. The fourth-order valence-corrected chi connectivity index (χ4v) is 4.03.